The van der Waals surface area contributed by atoms with Crippen LogP contribution in [0.5, 0.6) is 5.75 Å². The monoisotopic (exact) mass is 325 g/mol. The SMILES string of the molecule is CN(C)CCN=Cc1cc(Cl)ccc1[O-].[N-]=[N+]=[N-].[Ni+3]. The second-order valence-electron chi connectivity index (χ2n) is 3.61. The third-order valence-corrected chi connectivity index (χ3v) is 2.11. The van der Waals surface area contributed by atoms with E-state index in [-0.39, 0.29) is 22.2 Å². The molecule has 6 nitrogen and oxygen atoms in total. The first-order valence-corrected chi connectivity index (χ1v) is 5.48. The summed E-state index contributed by atoms with van der Waals surface area (Å²) in [6.07, 6.45) is 1.58. The van der Waals surface area contributed by atoms with E-state index in [0.29, 0.717) is 17.1 Å². The first-order valence-electron chi connectivity index (χ1n) is 5.10. The van der Waals surface area contributed by atoms with Crippen molar-refractivity contribution in [3.63, 3.8) is 0 Å². The van der Waals surface area contributed by atoms with E-state index in [9.17, 15) is 5.11 Å². The Morgan fingerprint density at radius 3 is 2.53 bits per heavy atom. The van der Waals surface area contributed by atoms with Crippen molar-refractivity contribution in [1.82, 2.24) is 4.90 Å². The van der Waals surface area contributed by atoms with E-state index in [1.807, 2.05) is 19.0 Å². The molecule has 8 heteroatoms. The van der Waals surface area contributed by atoms with Crippen molar-refractivity contribution in [2.75, 3.05) is 27.2 Å². The average molecular weight is 326 g/mol. The van der Waals surface area contributed by atoms with Crippen molar-refractivity contribution in [3.8, 4) is 5.75 Å². The van der Waals surface area contributed by atoms with Crippen molar-refractivity contribution < 1.29 is 21.6 Å². The molecule has 0 N–H and O–H groups in total. The molecule has 0 atom stereocenters. The fourth-order valence-electron chi connectivity index (χ4n) is 1.04. The van der Waals surface area contributed by atoms with Gasteiger partial charge in [-0.05, 0) is 31.8 Å². The maximum Gasteiger partial charge on any atom is 3.00 e. The summed E-state index contributed by atoms with van der Waals surface area (Å²) in [4.78, 5) is 7.69. The van der Waals surface area contributed by atoms with Crippen LogP contribution in [0.2, 0.25) is 5.02 Å². The first-order chi connectivity index (χ1) is 8.51. The summed E-state index contributed by atoms with van der Waals surface area (Å²) in [6, 6.07) is 4.67. The molecule has 0 aliphatic heterocycles. The second kappa shape index (κ2) is 11.8. The number of hydrogen-bond acceptors (Lipinski definition) is 3. The van der Waals surface area contributed by atoms with Crippen molar-refractivity contribution in [3.05, 3.63) is 44.8 Å². The fourth-order valence-corrected chi connectivity index (χ4v) is 1.22. The molecule has 1 rings (SSSR count). The van der Waals surface area contributed by atoms with E-state index < -0.39 is 0 Å². The average Bonchev–Trinajstić information content (AvgIpc) is 2.29. The van der Waals surface area contributed by atoms with E-state index in [1.54, 1.807) is 18.3 Å². The summed E-state index contributed by atoms with van der Waals surface area (Å²) < 4.78 is 0. The van der Waals surface area contributed by atoms with Crippen LogP contribution in [-0.4, -0.2) is 38.3 Å². The zero-order valence-corrected chi connectivity index (χ0v) is 12.3. The Kier molecular flexibility index (Phi) is 12.5. The molecule has 0 amide bonds. The normalized spacial score (nSPS) is 9.47. The number of likely N-dealkylation sites (N-methyl/N-ethyl adjacent to an activating group) is 1. The molecular weight excluding hydrogens is 312 g/mol. The van der Waals surface area contributed by atoms with Crippen LogP contribution >= 0.6 is 11.6 Å². The number of hydrogen-bond donors (Lipinski definition) is 0. The third-order valence-electron chi connectivity index (χ3n) is 1.88. The van der Waals surface area contributed by atoms with Crippen molar-refractivity contribution >= 4 is 17.8 Å². The van der Waals surface area contributed by atoms with Crippen LogP contribution in [0.15, 0.2) is 23.2 Å². The minimum absolute atomic E-state index is 0. The zero-order valence-electron chi connectivity index (χ0n) is 10.6. The van der Waals surface area contributed by atoms with E-state index in [2.05, 4.69) is 4.99 Å². The van der Waals surface area contributed by atoms with E-state index in [0.717, 1.165) is 6.54 Å². The Hall–Kier alpha value is -1.26. The third kappa shape index (κ3) is 10.4. The van der Waals surface area contributed by atoms with Crippen LogP contribution < -0.4 is 5.11 Å². The minimum Gasteiger partial charge on any atom is -0.872 e. The summed E-state index contributed by atoms with van der Waals surface area (Å²) in [7, 11) is 3.96. The molecule has 0 bridgehead atoms. The van der Waals surface area contributed by atoms with Gasteiger partial charge in [0, 0.05) is 17.8 Å². The maximum atomic E-state index is 11.3. The van der Waals surface area contributed by atoms with Crippen LogP contribution in [0.4, 0.5) is 0 Å². The van der Waals surface area contributed by atoms with Crippen molar-refractivity contribution in [1.29, 1.82) is 0 Å². The second-order valence-corrected chi connectivity index (χ2v) is 4.05. The van der Waals surface area contributed by atoms with Crippen LogP contribution in [0.25, 0.3) is 16.0 Å². The molecule has 105 valence electrons. The van der Waals surface area contributed by atoms with E-state index in [1.165, 1.54) is 11.0 Å². The van der Waals surface area contributed by atoms with Gasteiger partial charge in [-0.15, -0.1) is 0 Å². The van der Waals surface area contributed by atoms with Gasteiger partial charge in [0.15, 0.2) is 0 Å². The van der Waals surface area contributed by atoms with Gasteiger partial charge in [0.05, 0.1) is 6.54 Å². The molecule has 0 fully saturated rings. The standard InChI is InChI=1S/C11H15ClN2O.N3.Ni/c1-14(2)6-5-13-8-9-7-10(12)3-4-11(9)15;1-3-2;/h3-4,7-8,15H,5-6H2,1-2H3;;/q;-1;+3/p-1. The van der Waals surface area contributed by atoms with Crippen molar-refractivity contribution in [2.24, 2.45) is 4.99 Å². The molecular formula is C11H14ClN5NiO+. The molecule has 0 saturated heterocycles. The van der Waals surface area contributed by atoms with Gasteiger partial charge < -0.3 is 21.1 Å². The number of aliphatic imine (C=N–C) groups is 1. The Morgan fingerprint density at radius 2 is 2.00 bits per heavy atom. The van der Waals surface area contributed by atoms with E-state index in [4.69, 9.17) is 22.7 Å². The number of benzene rings is 1. The van der Waals surface area contributed by atoms with Gasteiger partial charge in [0.1, 0.15) is 0 Å². The number of nitrogens with zero attached hydrogens (tertiary/aromatic N) is 5. The van der Waals surface area contributed by atoms with Crippen LogP contribution in [0.1, 0.15) is 5.56 Å². The molecule has 1 radical (unpaired) electrons. The molecule has 1 aromatic rings. The van der Waals surface area contributed by atoms with Gasteiger partial charge in [0.2, 0.25) is 0 Å². The fraction of sp³-hybridized carbons (Fsp3) is 0.364. The molecule has 0 heterocycles. The van der Waals surface area contributed by atoms with Crippen LogP contribution in [0.3, 0.4) is 0 Å². The summed E-state index contributed by atoms with van der Waals surface area (Å²) in [5.41, 5.74) is 14.0. The Labute approximate surface area is 127 Å². The Balaban J connectivity index is 0. The predicted octanol–water partition coefficient (Wildman–Crippen LogP) is 2.26. The molecule has 0 aliphatic rings. The molecule has 0 aliphatic carbocycles. The quantitative estimate of drug-likeness (QED) is 0.279. The smallest absolute Gasteiger partial charge is 0.872 e. The summed E-state index contributed by atoms with van der Waals surface area (Å²) in [5, 5.41) is 11.9. The first kappa shape index (κ1) is 20.1. The molecule has 19 heavy (non-hydrogen) atoms. The Bertz CT molecular complexity index is 433. The van der Waals surface area contributed by atoms with Gasteiger partial charge in [-0.3, -0.25) is 9.90 Å². The largest absolute Gasteiger partial charge is 3.00 e. The molecule has 1 aromatic carbocycles. The molecule has 0 spiro atoms. The molecule has 0 saturated carbocycles. The molecule has 0 unspecified atom stereocenters. The van der Waals surface area contributed by atoms with Gasteiger partial charge in [-0.1, -0.05) is 23.4 Å². The Morgan fingerprint density at radius 1 is 1.42 bits per heavy atom. The maximum absolute atomic E-state index is 11.3. The minimum atomic E-state index is -0.0481. The topological polar surface area (TPSA) is 97.4 Å². The van der Waals surface area contributed by atoms with Crippen LogP contribution in [0, 0.1) is 0 Å². The number of halogens is 1. The predicted molar refractivity (Wildman–Crippen MR) is 72.0 cm³/mol. The molecule has 0 aromatic heterocycles. The summed E-state index contributed by atoms with van der Waals surface area (Å²) >= 11 is 5.77. The van der Waals surface area contributed by atoms with Gasteiger partial charge >= 0.3 is 16.5 Å². The van der Waals surface area contributed by atoms with Crippen molar-refractivity contribution in [2.45, 2.75) is 0 Å². The van der Waals surface area contributed by atoms with Gasteiger partial charge in [-0.25, -0.2) is 0 Å². The van der Waals surface area contributed by atoms with Gasteiger partial charge in [-0.2, -0.15) is 0 Å². The number of rotatable bonds is 4. The zero-order chi connectivity index (χ0) is 14.0. The summed E-state index contributed by atoms with van der Waals surface area (Å²) in [6.45, 7) is 1.55. The van der Waals surface area contributed by atoms with E-state index >= 15 is 0 Å². The van der Waals surface area contributed by atoms with Gasteiger partial charge in [0.25, 0.3) is 0 Å². The van der Waals surface area contributed by atoms with Crippen LogP contribution in [-0.2, 0) is 16.5 Å². The summed E-state index contributed by atoms with van der Waals surface area (Å²) in [5.74, 6) is -0.0481.